The summed E-state index contributed by atoms with van der Waals surface area (Å²) in [6.45, 7) is 9.04. The third-order valence-corrected chi connectivity index (χ3v) is 2.79. The molecule has 0 aliphatic carbocycles. The van der Waals surface area contributed by atoms with E-state index < -0.39 is 0 Å². The fourth-order valence-corrected chi connectivity index (χ4v) is 2.27. The van der Waals surface area contributed by atoms with Crippen LogP contribution < -0.4 is 10.5 Å². The number of nitrogens with zero attached hydrogens (tertiary/aromatic N) is 1. The topological polar surface area (TPSA) is 38.5 Å². The number of hydrogen-bond acceptors (Lipinski definition) is 3. The Morgan fingerprint density at radius 1 is 1.30 bits per heavy atom. The van der Waals surface area contributed by atoms with E-state index in [0.29, 0.717) is 12.0 Å². The Morgan fingerprint density at radius 3 is 2.55 bits per heavy atom. The first-order valence-corrected chi connectivity index (χ1v) is 6.90. The van der Waals surface area contributed by atoms with Gasteiger partial charge in [0.1, 0.15) is 5.75 Å². The van der Waals surface area contributed by atoms with Crippen molar-refractivity contribution in [1.82, 2.24) is 4.90 Å². The molecule has 0 unspecified atom stereocenters. The third kappa shape index (κ3) is 5.64. The number of ether oxygens (including phenoxy) is 1. The van der Waals surface area contributed by atoms with Crippen LogP contribution in [0.2, 0.25) is 0 Å². The highest BCUT2D eigenvalue weighted by molar-refractivity contribution is 5.48. The lowest BCUT2D eigenvalue weighted by molar-refractivity contribution is 0.221. The molecule has 3 nitrogen and oxygen atoms in total. The molecule has 0 amide bonds. The minimum absolute atomic E-state index is 0.295. The van der Waals surface area contributed by atoms with E-state index in [4.69, 9.17) is 10.5 Å². The molecule has 1 aromatic rings. The van der Waals surface area contributed by atoms with Gasteiger partial charge in [0, 0.05) is 13.1 Å². The molecule has 0 radical (unpaired) electrons. The number of rotatable bonds is 4. The summed E-state index contributed by atoms with van der Waals surface area (Å²) >= 11 is 0. The maximum atomic E-state index is 5.43. The van der Waals surface area contributed by atoms with Crippen LogP contribution in [0.5, 0.6) is 5.75 Å². The molecule has 0 atom stereocenters. The fourth-order valence-electron chi connectivity index (χ4n) is 2.27. The van der Waals surface area contributed by atoms with Crippen molar-refractivity contribution < 1.29 is 4.74 Å². The molecular formula is C17H26N2O. The molecule has 0 heterocycles. The summed E-state index contributed by atoms with van der Waals surface area (Å²) in [4.78, 5) is 2.32. The smallest absolute Gasteiger partial charge is 0.134 e. The molecule has 0 saturated heterocycles. The van der Waals surface area contributed by atoms with Crippen LogP contribution in [-0.2, 0) is 6.54 Å². The molecule has 0 spiro atoms. The molecule has 110 valence electrons. The molecule has 1 aromatic carbocycles. The molecule has 3 heteroatoms. The van der Waals surface area contributed by atoms with Crippen LogP contribution in [0.15, 0.2) is 18.2 Å². The van der Waals surface area contributed by atoms with E-state index in [0.717, 1.165) is 24.4 Å². The Kier molecular flexibility index (Phi) is 6.06. The van der Waals surface area contributed by atoms with Gasteiger partial charge < -0.3 is 15.4 Å². The van der Waals surface area contributed by atoms with Crippen molar-refractivity contribution in [3.05, 3.63) is 29.3 Å². The summed E-state index contributed by atoms with van der Waals surface area (Å²) in [5.41, 5.74) is 7.87. The lowest BCUT2D eigenvalue weighted by Gasteiger charge is -2.26. The Labute approximate surface area is 123 Å². The first-order chi connectivity index (χ1) is 9.35. The van der Waals surface area contributed by atoms with Crippen molar-refractivity contribution in [2.75, 3.05) is 27.2 Å². The second kappa shape index (κ2) is 7.33. The van der Waals surface area contributed by atoms with E-state index in [2.05, 4.69) is 56.7 Å². The van der Waals surface area contributed by atoms with Gasteiger partial charge in [-0.25, -0.2) is 0 Å². The zero-order chi connectivity index (χ0) is 15.2. The van der Waals surface area contributed by atoms with E-state index in [1.165, 1.54) is 5.56 Å². The first-order valence-electron chi connectivity index (χ1n) is 6.90. The van der Waals surface area contributed by atoms with E-state index >= 15 is 0 Å². The highest BCUT2D eigenvalue weighted by Gasteiger charge is 2.14. The average molecular weight is 274 g/mol. The van der Waals surface area contributed by atoms with Gasteiger partial charge in [-0.2, -0.15) is 0 Å². The Balaban J connectivity index is 2.86. The van der Waals surface area contributed by atoms with Gasteiger partial charge in [-0.15, -0.1) is 0 Å². The predicted molar refractivity (Wildman–Crippen MR) is 84.7 cm³/mol. The lowest BCUT2D eigenvalue weighted by atomic mass is 9.96. The molecule has 0 fully saturated rings. The summed E-state index contributed by atoms with van der Waals surface area (Å²) in [6, 6.07) is 6.15. The molecule has 2 N–H and O–H groups in total. The van der Waals surface area contributed by atoms with Crippen LogP contribution in [-0.4, -0.2) is 32.1 Å². The third-order valence-electron chi connectivity index (χ3n) is 2.79. The van der Waals surface area contributed by atoms with Gasteiger partial charge in [0.05, 0.1) is 19.2 Å². The molecular weight excluding hydrogens is 248 g/mol. The van der Waals surface area contributed by atoms with Crippen molar-refractivity contribution >= 4 is 0 Å². The quantitative estimate of drug-likeness (QED) is 0.857. The Hall–Kier alpha value is -1.50. The molecule has 20 heavy (non-hydrogen) atoms. The summed E-state index contributed by atoms with van der Waals surface area (Å²) in [5, 5.41) is 0. The van der Waals surface area contributed by atoms with Gasteiger partial charge in [0.25, 0.3) is 0 Å². The van der Waals surface area contributed by atoms with Crippen LogP contribution in [0, 0.1) is 17.3 Å². The molecule has 0 saturated carbocycles. The van der Waals surface area contributed by atoms with E-state index in [9.17, 15) is 0 Å². The zero-order valence-electron chi connectivity index (χ0n) is 13.3. The Morgan fingerprint density at radius 2 is 2.00 bits per heavy atom. The highest BCUT2D eigenvalue weighted by atomic mass is 16.5. The van der Waals surface area contributed by atoms with Gasteiger partial charge in [0.15, 0.2) is 0 Å². The summed E-state index contributed by atoms with van der Waals surface area (Å²) in [7, 11) is 3.80. The summed E-state index contributed by atoms with van der Waals surface area (Å²) in [6.07, 6.45) is 0. The van der Waals surface area contributed by atoms with E-state index in [1.54, 1.807) is 7.11 Å². The van der Waals surface area contributed by atoms with Crippen molar-refractivity contribution in [3.63, 3.8) is 0 Å². The number of nitrogens with two attached hydrogens (primary N) is 1. The van der Waals surface area contributed by atoms with Crippen LogP contribution in [0.4, 0.5) is 0 Å². The SMILES string of the molecule is COc1ccc(CN(C)CC(C)(C)C)cc1C#CCN. The first kappa shape index (κ1) is 16.6. The fraction of sp³-hybridized carbons (Fsp3) is 0.529. The lowest BCUT2D eigenvalue weighted by Crippen LogP contribution is -2.28. The summed E-state index contributed by atoms with van der Waals surface area (Å²) in [5.74, 6) is 6.75. The standard InChI is InChI=1S/C17H26N2O/c1-17(2,3)13-19(4)12-14-8-9-16(20-5)15(11-14)7-6-10-18/h8-9,11H,10,12-13,18H2,1-5H3. The minimum Gasteiger partial charge on any atom is -0.495 e. The predicted octanol–water partition coefficient (Wildman–Crippen LogP) is 2.48. The van der Waals surface area contributed by atoms with Gasteiger partial charge in [0.2, 0.25) is 0 Å². The van der Waals surface area contributed by atoms with Gasteiger partial charge in [-0.1, -0.05) is 38.7 Å². The van der Waals surface area contributed by atoms with Crippen LogP contribution >= 0.6 is 0 Å². The van der Waals surface area contributed by atoms with Crippen molar-refractivity contribution in [1.29, 1.82) is 0 Å². The van der Waals surface area contributed by atoms with E-state index in [-0.39, 0.29) is 0 Å². The summed E-state index contributed by atoms with van der Waals surface area (Å²) < 4.78 is 5.33. The second-order valence-corrected chi connectivity index (χ2v) is 6.27. The van der Waals surface area contributed by atoms with Crippen LogP contribution in [0.25, 0.3) is 0 Å². The van der Waals surface area contributed by atoms with Crippen molar-refractivity contribution in [2.24, 2.45) is 11.1 Å². The van der Waals surface area contributed by atoms with E-state index in [1.807, 2.05) is 6.07 Å². The average Bonchev–Trinajstić information content (AvgIpc) is 2.34. The van der Waals surface area contributed by atoms with Crippen LogP contribution in [0.3, 0.4) is 0 Å². The Bertz CT molecular complexity index is 492. The maximum absolute atomic E-state index is 5.43. The molecule has 0 aliphatic rings. The van der Waals surface area contributed by atoms with Gasteiger partial charge in [-0.3, -0.25) is 0 Å². The maximum Gasteiger partial charge on any atom is 0.134 e. The zero-order valence-corrected chi connectivity index (χ0v) is 13.3. The molecule has 0 bridgehead atoms. The van der Waals surface area contributed by atoms with Crippen LogP contribution in [0.1, 0.15) is 31.9 Å². The van der Waals surface area contributed by atoms with Gasteiger partial charge in [-0.05, 0) is 30.2 Å². The molecule has 0 aromatic heterocycles. The normalized spacial score (nSPS) is 11.2. The monoisotopic (exact) mass is 274 g/mol. The second-order valence-electron chi connectivity index (χ2n) is 6.27. The van der Waals surface area contributed by atoms with Crippen molar-refractivity contribution in [3.8, 4) is 17.6 Å². The number of benzene rings is 1. The van der Waals surface area contributed by atoms with Crippen molar-refractivity contribution in [2.45, 2.75) is 27.3 Å². The minimum atomic E-state index is 0.295. The number of methoxy groups -OCH3 is 1. The van der Waals surface area contributed by atoms with Gasteiger partial charge >= 0.3 is 0 Å². The molecule has 1 rings (SSSR count). The largest absolute Gasteiger partial charge is 0.495 e. The number of hydrogen-bond donors (Lipinski definition) is 1. The highest BCUT2D eigenvalue weighted by Crippen LogP contribution is 2.21. The molecule has 0 aliphatic heterocycles.